The second-order valence-corrected chi connectivity index (χ2v) is 9.18. The van der Waals surface area contributed by atoms with Crippen LogP contribution >= 0.6 is 11.3 Å². The summed E-state index contributed by atoms with van der Waals surface area (Å²) >= 11 is 1.23. The van der Waals surface area contributed by atoms with Crippen molar-refractivity contribution >= 4 is 21.4 Å². The van der Waals surface area contributed by atoms with Crippen LogP contribution in [0.1, 0.15) is 24.7 Å². The SMILES string of the molecule is O=S(=O)(c1cccs1)N1CCC(c2nnc(-c3ccc(F)cc3)o2)CC1. The van der Waals surface area contributed by atoms with E-state index < -0.39 is 10.0 Å². The molecule has 0 radical (unpaired) electrons. The van der Waals surface area contributed by atoms with Gasteiger partial charge in [-0.15, -0.1) is 21.5 Å². The molecule has 136 valence electrons. The summed E-state index contributed by atoms with van der Waals surface area (Å²) in [5.41, 5.74) is 0.655. The van der Waals surface area contributed by atoms with Gasteiger partial charge < -0.3 is 4.42 Å². The minimum Gasteiger partial charge on any atom is -0.420 e. The van der Waals surface area contributed by atoms with Crippen molar-refractivity contribution in [3.8, 4) is 11.5 Å². The number of hydrogen-bond donors (Lipinski definition) is 0. The molecule has 3 aromatic rings. The monoisotopic (exact) mass is 393 g/mol. The number of nitrogens with zero attached hydrogens (tertiary/aromatic N) is 3. The highest BCUT2D eigenvalue weighted by Gasteiger charge is 2.32. The predicted octanol–water partition coefficient (Wildman–Crippen LogP) is 3.51. The molecule has 0 unspecified atom stereocenters. The third-order valence-corrected chi connectivity index (χ3v) is 7.70. The van der Waals surface area contributed by atoms with Gasteiger partial charge >= 0.3 is 0 Å². The lowest BCUT2D eigenvalue weighted by atomic mass is 9.98. The zero-order chi connectivity index (χ0) is 18.1. The van der Waals surface area contributed by atoms with Crippen molar-refractivity contribution in [2.75, 3.05) is 13.1 Å². The van der Waals surface area contributed by atoms with E-state index in [1.54, 1.807) is 29.6 Å². The van der Waals surface area contributed by atoms with E-state index in [1.165, 1.54) is 27.8 Å². The molecule has 9 heteroatoms. The fourth-order valence-electron chi connectivity index (χ4n) is 2.99. The van der Waals surface area contributed by atoms with Crippen molar-refractivity contribution in [2.45, 2.75) is 23.0 Å². The van der Waals surface area contributed by atoms with Gasteiger partial charge in [0, 0.05) is 24.6 Å². The highest BCUT2D eigenvalue weighted by Crippen LogP contribution is 2.32. The first-order valence-corrected chi connectivity index (χ1v) is 10.5. The number of halogens is 1. The fraction of sp³-hybridized carbons (Fsp3) is 0.294. The maximum atomic E-state index is 13.0. The Morgan fingerprint density at radius 2 is 1.85 bits per heavy atom. The molecular formula is C17H16FN3O3S2. The van der Waals surface area contributed by atoms with Gasteiger partial charge in [-0.1, -0.05) is 6.07 Å². The minimum atomic E-state index is -3.42. The molecule has 1 aliphatic heterocycles. The van der Waals surface area contributed by atoms with Gasteiger partial charge in [-0.25, -0.2) is 12.8 Å². The first-order valence-electron chi connectivity index (χ1n) is 8.17. The van der Waals surface area contributed by atoms with Gasteiger partial charge in [0.25, 0.3) is 10.0 Å². The maximum absolute atomic E-state index is 13.0. The molecule has 3 heterocycles. The van der Waals surface area contributed by atoms with E-state index in [9.17, 15) is 12.8 Å². The summed E-state index contributed by atoms with van der Waals surface area (Å²) in [6.45, 7) is 0.832. The highest BCUT2D eigenvalue weighted by molar-refractivity contribution is 7.91. The zero-order valence-corrected chi connectivity index (χ0v) is 15.3. The Balaban J connectivity index is 1.45. The molecule has 1 fully saturated rings. The Kier molecular flexibility index (Phi) is 4.60. The largest absolute Gasteiger partial charge is 0.420 e. The van der Waals surface area contributed by atoms with Crippen LogP contribution in [0, 0.1) is 5.82 Å². The third-order valence-electron chi connectivity index (χ3n) is 4.42. The molecule has 2 aromatic heterocycles. The van der Waals surface area contributed by atoms with Gasteiger partial charge in [0.2, 0.25) is 11.8 Å². The standard InChI is InChI=1S/C17H16FN3O3S2/c18-14-5-3-12(4-6-14)16-19-20-17(24-16)13-7-9-21(10-8-13)26(22,23)15-2-1-11-25-15/h1-6,11,13H,7-10H2. The maximum Gasteiger partial charge on any atom is 0.252 e. The molecule has 6 nitrogen and oxygen atoms in total. The molecule has 1 aliphatic rings. The summed E-state index contributed by atoms with van der Waals surface area (Å²) < 4.78 is 45.7. The average Bonchev–Trinajstić information content (AvgIpc) is 3.35. The molecule has 0 spiro atoms. The number of piperidine rings is 1. The van der Waals surface area contributed by atoms with Crippen LogP contribution in [-0.2, 0) is 10.0 Å². The Bertz CT molecular complexity index is 977. The van der Waals surface area contributed by atoms with Gasteiger partial charge in [-0.2, -0.15) is 4.31 Å². The molecule has 26 heavy (non-hydrogen) atoms. The average molecular weight is 393 g/mol. The van der Waals surface area contributed by atoms with Crippen LogP contribution in [0.15, 0.2) is 50.4 Å². The lowest BCUT2D eigenvalue weighted by Gasteiger charge is -2.29. The second-order valence-electron chi connectivity index (χ2n) is 6.06. The Morgan fingerprint density at radius 1 is 1.12 bits per heavy atom. The van der Waals surface area contributed by atoms with Crippen molar-refractivity contribution in [2.24, 2.45) is 0 Å². The van der Waals surface area contributed by atoms with E-state index in [0.29, 0.717) is 47.5 Å². The van der Waals surface area contributed by atoms with Crippen molar-refractivity contribution < 1.29 is 17.2 Å². The van der Waals surface area contributed by atoms with E-state index in [1.807, 2.05) is 0 Å². The molecule has 1 saturated heterocycles. The van der Waals surface area contributed by atoms with Crippen LogP contribution in [0.3, 0.4) is 0 Å². The van der Waals surface area contributed by atoms with Crippen LogP contribution in [0.4, 0.5) is 4.39 Å². The number of sulfonamides is 1. The van der Waals surface area contributed by atoms with Crippen molar-refractivity contribution in [3.63, 3.8) is 0 Å². The van der Waals surface area contributed by atoms with Crippen molar-refractivity contribution in [1.29, 1.82) is 0 Å². The van der Waals surface area contributed by atoms with E-state index >= 15 is 0 Å². The Morgan fingerprint density at radius 3 is 2.50 bits per heavy atom. The van der Waals surface area contributed by atoms with Crippen LogP contribution in [0.25, 0.3) is 11.5 Å². The summed E-state index contributed by atoms with van der Waals surface area (Å²) in [4.78, 5) is 0. The number of rotatable bonds is 4. The van der Waals surface area contributed by atoms with Crippen LogP contribution in [0.5, 0.6) is 0 Å². The first-order chi connectivity index (χ1) is 12.5. The molecule has 0 amide bonds. The normalized spacial score (nSPS) is 16.8. The fourth-order valence-corrected chi connectivity index (χ4v) is 5.60. The molecule has 1 aromatic carbocycles. The van der Waals surface area contributed by atoms with Crippen LogP contribution in [0.2, 0.25) is 0 Å². The lowest BCUT2D eigenvalue weighted by Crippen LogP contribution is -2.37. The Labute approximate surface area is 154 Å². The van der Waals surface area contributed by atoms with Crippen molar-refractivity contribution in [3.05, 3.63) is 53.5 Å². The van der Waals surface area contributed by atoms with E-state index in [-0.39, 0.29) is 11.7 Å². The van der Waals surface area contributed by atoms with Gasteiger partial charge in [0.05, 0.1) is 0 Å². The summed E-state index contributed by atoms with van der Waals surface area (Å²) in [5.74, 6) is 0.533. The summed E-state index contributed by atoms with van der Waals surface area (Å²) in [5, 5.41) is 9.89. The molecule has 0 aliphatic carbocycles. The van der Waals surface area contributed by atoms with Gasteiger partial charge in [-0.3, -0.25) is 0 Å². The molecular weight excluding hydrogens is 377 g/mol. The van der Waals surface area contributed by atoms with E-state index in [2.05, 4.69) is 10.2 Å². The van der Waals surface area contributed by atoms with Crippen molar-refractivity contribution in [1.82, 2.24) is 14.5 Å². The number of benzene rings is 1. The van der Waals surface area contributed by atoms with Gasteiger partial charge in [0.1, 0.15) is 10.0 Å². The summed E-state index contributed by atoms with van der Waals surface area (Å²) in [6.07, 6.45) is 1.24. The second kappa shape index (κ2) is 6.90. The quantitative estimate of drug-likeness (QED) is 0.678. The Hall–Kier alpha value is -2.10. The smallest absolute Gasteiger partial charge is 0.252 e. The number of thiophene rings is 1. The number of aromatic nitrogens is 2. The molecule has 0 atom stereocenters. The minimum absolute atomic E-state index is 0.0199. The topological polar surface area (TPSA) is 76.3 Å². The van der Waals surface area contributed by atoms with Crippen LogP contribution < -0.4 is 0 Å². The first kappa shape index (κ1) is 17.3. The third kappa shape index (κ3) is 3.29. The summed E-state index contributed by atoms with van der Waals surface area (Å²) in [6, 6.07) is 9.21. The summed E-state index contributed by atoms with van der Waals surface area (Å²) in [7, 11) is -3.42. The van der Waals surface area contributed by atoms with E-state index in [4.69, 9.17) is 4.42 Å². The molecule has 0 bridgehead atoms. The predicted molar refractivity (Wildman–Crippen MR) is 94.7 cm³/mol. The zero-order valence-electron chi connectivity index (χ0n) is 13.7. The van der Waals surface area contributed by atoms with E-state index in [0.717, 1.165) is 0 Å². The highest BCUT2D eigenvalue weighted by atomic mass is 32.2. The number of hydrogen-bond acceptors (Lipinski definition) is 6. The molecule has 0 saturated carbocycles. The van der Waals surface area contributed by atoms with Gasteiger partial charge in [-0.05, 0) is 48.6 Å². The van der Waals surface area contributed by atoms with Crippen LogP contribution in [-0.4, -0.2) is 36.0 Å². The molecule has 4 rings (SSSR count). The van der Waals surface area contributed by atoms with Gasteiger partial charge in [0.15, 0.2) is 0 Å². The lowest BCUT2D eigenvalue weighted by molar-refractivity contribution is 0.292. The molecule has 0 N–H and O–H groups in total.